The summed E-state index contributed by atoms with van der Waals surface area (Å²) in [5.74, 6) is 0.928. The molecule has 4 nitrogen and oxygen atoms in total. The molecule has 0 aliphatic heterocycles. The summed E-state index contributed by atoms with van der Waals surface area (Å²) < 4.78 is 0. The first kappa shape index (κ1) is 28.2. The highest BCUT2D eigenvalue weighted by Gasteiger charge is 2.09. The van der Waals surface area contributed by atoms with Crippen LogP contribution in [-0.2, 0) is 25.7 Å². The zero-order chi connectivity index (χ0) is 22.2. The van der Waals surface area contributed by atoms with E-state index in [1.165, 1.54) is 27.8 Å². The normalized spacial score (nSPS) is 9.91. The summed E-state index contributed by atoms with van der Waals surface area (Å²) >= 11 is 0. The second kappa shape index (κ2) is 13.7. The zero-order valence-electron chi connectivity index (χ0n) is 19.5. The molecule has 0 aromatic heterocycles. The summed E-state index contributed by atoms with van der Waals surface area (Å²) in [4.78, 5) is 0. The Bertz CT molecular complexity index is 997. The van der Waals surface area contributed by atoms with Crippen LogP contribution in [0.2, 0.25) is 0 Å². The molecule has 0 heterocycles. The molecule has 4 N–H and O–H groups in total. The third-order valence-electron chi connectivity index (χ3n) is 5.64. The van der Waals surface area contributed by atoms with Crippen molar-refractivity contribution in [3.8, 4) is 0 Å². The van der Waals surface area contributed by atoms with E-state index in [1.807, 2.05) is 36.4 Å². The van der Waals surface area contributed by atoms with E-state index in [2.05, 4.69) is 47.9 Å². The SMILES string of the molecule is CNC(=N)c1ccccc1CCc1cc(C)cc(CCc2ccccc2C(=N)NC)c1.Cl.Cl. The predicted octanol–water partition coefficient (Wildman–Crippen LogP) is 5.50. The van der Waals surface area contributed by atoms with Gasteiger partial charge >= 0.3 is 0 Å². The molecular formula is C27H34Cl2N4. The summed E-state index contributed by atoms with van der Waals surface area (Å²) in [6.45, 7) is 2.16. The summed E-state index contributed by atoms with van der Waals surface area (Å²) in [6.07, 6.45) is 3.71. The summed E-state index contributed by atoms with van der Waals surface area (Å²) in [5, 5.41) is 22.2. The van der Waals surface area contributed by atoms with Crippen molar-refractivity contribution in [2.45, 2.75) is 32.6 Å². The number of halogens is 2. The van der Waals surface area contributed by atoms with Gasteiger partial charge in [0.1, 0.15) is 11.7 Å². The second-order valence-corrected chi connectivity index (χ2v) is 7.89. The molecule has 0 bridgehead atoms. The molecule has 33 heavy (non-hydrogen) atoms. The highest BCUT2D eigenvalue weighted by Crippen LogP contribution is 2.18. The maximum Gasteiger partial charge on any atom is 0.125 e. The van der Waals surface area contributed by atoms with Crippen molar-refractivity contribution in [1.29, 1.82) is 10.8 Å². The number of hydrogen-bond donors (Lipinski definition) is 4. The molecule has 0 saturated heterocycles. The third-order valence-corrected chi connectivity index (χ3v) is 5.64. The number of aryl methyl sites for hydroxylation is 5. The van der Waals surface area contributed by atoms with Crippen molar-refractivity contribution >= 4 is 36.5 Å². The Kier molecular flexibility index (Phi) is 11.7. The van der Waals surface area contributed by atoms with Gasteiger partial charge < -0.3 is 10.6 Å². The maximum absolute atomic E-state index is 8.14. The predicted molar refractivity (Wildman–Crippen MR) is 145 cm³/mol. The van der Waals surface area contributed by atoms with E-state index in [0.717, 1.165) is 36.8 Å². The quantitative estimate of drug-likeness (QED) is 0.251. The number of amidine groups is 2. The van der Waals surface area contributed by atoms with Crippen LogP contribution in [0.5, 0.6) is 0 Å². The van der Waals surface area contributed by atoms with Crippen molar-refractivity contribution < 1.29 is 0 Å². The largest absolute Gasteiger partial charge is 0.373 e. The Labute approximate surface area is 210 Å². The first-order valence-electron chi connectivity index (χ1n) is 10.8. The van der Waals surface area contributed by atoms with Crippen LogP contribution in [0.25, 0.3) is 0 Å². The standard InChI is InChI=1S/C27H32N4.2ClH/c1-19-16-20(12-14-22-8-4-6-10-24(22)26(28)30-2)18-21(17-19)13-15-23-9-5-7-11-25(23)27(29)31-3;;/h4-11,16-18H,12-15H2,1-3H3,(H2,28,30)(H2,29,31);2*1H. The fourth-order valence-electron chi connectivity index (χ4n) is 4.03. The highest BCUT2D eigenvalue weighted by atomic mass is 35.5. The lowest BCUT2D eigenvalue weighted by atomic mass is 9.94. The smallest absolute Gasteiger partial charge is 0.125 e. The van der Waals surface area contributed by atoms with Gasteiger partial charge in [-0.25, -0.2) is 0 Å². The Morgan fingerprint density at radius 2 is 1.03 bits per heavy atom. The summed E-state index contributed by atoms with van der Waals surface area (Å²) in [6, 6.07) is 23.2. The molecule has 6 heteroatoms. The second-order valence-electron chi connectivity index (χ2n) is 7.89. The van der Waals surface area contributed by atoms with Gasteiger partial charge in [-0.15, -0.1) is 24.8 Å². The molecular weight excluding hydrogens is 451 g/mol. The first-order chi connectivity index (χ1) is 15.0. The molecule has 0 radical (unpaired) electrons. The van der Waals surface area contributed by atoms with E-state index in [-0.39, 0.29) is 24.8 Å². The van der Waals surface area contributed by atoms with Crippen LogP contribution >= 0.6 is 24.8 Å². The molecule has 0 fully saturated rings. The van der Waals surface area contributed by atoms with E-state index in [9.17, 15) is 0 Å². The van der Waals surface area contributed by atoms with E-state index in [0.29, 0.717) is 11.7 Å². The number of rotatable bonds is 8. The van der Waals surface area contributed by atoms with Gasteiger partial charge in [0.2, 0.25) is 0 Å². The molecule has 0 aliphatic rings. The van der Waals surface area contributed by atoms with Crippen LogP contribution in [0.3, 0.4) is 0 Å². The van der Waals surface area contributed by atoms with Crippen LogP contribution in [0, 0.1) is 17.7 Å². The molecule has 0 spiro atoms. The van der Waals surface area contributed by atoms with Gasteiger partial charge in [0.05, 0.1) is 0 Å². The monoisotopic (exact) mass is 484 g/mol. The van der Waals surface area contributed by atoms with Crippen molar-refractivity contribution in [3.05, 3.63) is 106 Å². The van der Waals surface area contributed by atoms with Crippen molar-refractivity contribution in [3.63, 3.8) is 0 Å². The van der Waals surface area contributed by atoms with Gasteiger partial charge in [-0.05, 0) is 54.9 Å². The first-order valence-corrected chi connectivity index (χ1v) is 10.8. The maximum atomic E-state index is 8.14. The summed E-state index contributed by atoms with van der Waals surface area (Å²) in [5.41, 5.74) is 8.28. The number of benzene rings is 3. The van der Waals surface area contributed by atoms with Gasteiger partial charge in [0.15, 0.2) is 0 Å². The minimum atomic E-state index is 0. The Hall–Kier alpha value is -2.82. The van der Waals surface area contributed by atoms with E-state index in [1.54, 1.807) is 14.1 Å². The summed E-state index contributed by atoms with van der Waals surface area (Å²) in [7, 11) is 3.59. The average Bonchev–Trinajstić information content (AvgIpc) is 2.80. The molecule has 0 amide bonds. The van der Waals surface area contributed by atoms with Crippen LogP contribution in [-0.4, -0.2) is 25.8 Å². The van der Waals surface area contributed by atoms with Crippen molar-refractivity contribution in [2.24, 2.45) is 0 Å². The van der Waals surface area contributed by atoms with E-state index >= 15 is 0 Å². The van der Waals surface area contributed by atoms with Crippen molar-refractivity contribution in [2.75, 3.05) is 14.1 Å². The van der Waals surface area contributed by atoms with Gasteiger partial charge in [0.25, 0.3) is 0 Å². The number of hydrogen-bond acceptors (Lipinski definition) is 2. The Morgan fingerprint density at radius 3 is 1.42 bits per heavy atom. The minimum Gasteiger partial charge on any atom is -0.373 e. The molecule has 3 aromatic carbocycles. The highest BCUT2D eigenvalue weighted by molar-refractivity contribution is 5.98. The molecule has 176 valence electrons. The van der Waals surface area contributed by atoms with Crippen LogP contribution in [0.1, 0.15) is 38.9 Å². The van der Waals surface area contributed by atoms with Gasteiger partial charge in [0, 0.05) is 25.2 Å². The van der Waals surface area contributed by atoms with E-state index < -0.39 is 0 Å². The lowest BCUT2D eigenvalue weighted by Crippen LogP contribution is -2.19. The fraction of sp³-hybridized carbons (Fsp3) is 0.259. The molecule has 0 unspecified atom stereocenters. The van der Waals surface area contributed by atoms with Crippen LogP contribution < -0.4 is 10.6 Å². The molecule has 3 rings (SSSR count). The molecule has 0 atom stereocenters. The van der Waals surface area contributed by atoms with Crippen molar-refractivity contribution in [1.82, 2.24) is 10.6 Å². The third kappa shape index (κ3) is 7.62. The van der Waals surface area contributed by atoms with Gasteiger partial charge in [-0.2, -0.15) is 0 Å². The van der Waals surface area contributed by atoms with Gasteiger partial charge in [-0.1, -0.05) is 72.3 Å². The molecule has 0 saturated carbocycles. The molecule has 3 aromatic rings. The topological polar surface area (TPSA) is 71.8 Å². The average molecular weight is 486 g/mol. The Balaban J connectivity index is 0.00000272. The van der Waals surface area contributed by atoms with Crippen LogP contribution in [0.4, 0.5) is 0 Å². The fourth-order valence-corrected chi connectivity index (χ4v) is 4.03. The number of nitrogens with one attached hydrogen (secondary N) is 4. The molecule has 0 aliphatic carbocycles. The zero-order valence-corrected chi connectivity index (χ0v) is 21.1. The lowest BCUT2D eigenvalue weighted by molar-refractivity contribution is 0.922. The lowest BCUT2D eigenvalue weighted by Gasteiger charge is -2.13. The Morgan fingerprint density at radius 1 is 0.636 bits per heavy atom. The van der Waals surface area contributed by atoms with Crippen LogP contribution in [0.15, 0.2) is 66.7 Å². The van der Waals surface area contributed by atoms with Gasteiger partial charge in [-0.3, -0.25) is 10.8 Å². The minimum absolute atomic E-state index is 0. The van der Waals surface area contributed by atoms with E-state index in [4.69, 9.17) is 10.8 Å².